The van der Waals surface area contributed by atoms with Gasteiger partial charge in [-0.2, -0.15) is 4.98 Å². The lowest BCUT2D eigenvalue weighted by Crippen LogP contribution is -2.07. The van der Waals surface area contributed by atoms with Crippen LogP contribution in [0.3, 0.4) is 0 Å². The van der Waals surface area contributed by atoms with E-state index in [-0.39, 0.29) is 6.61 Å². The summed E-state index contributed by atoms with van der Waals surface area (Å²) in [6.45, 7) is 1.80. The van der Waals surface area contributed by atoms with E-state index in [2.05, 4.69) is 15.1 Å². The number of rotatable bonds is 7. The maximum absolute atomic E-state index is 12.5. The Kier molecular flexibility index (Phi) is 5.54. The molecule has 0 aliphatic carbocycles. The zero-order valence-corrected chi connectivity index (χ0v) is 16.5. The molecular formula is C19H15N3O4S2. The number of thioether (sulfide) groups is 1. The molecule has 4 rings (SSSR count). The van der Waals surface area contributed by atoms with Crippen LogP contribution in [-0.4, -0.2) is 21.1 Å². The van der Waals surface area contributed by atoms with Crippen LogP contribution in [0.25, 0.3) is 10.8 Å². The molecule has 0 unspecified atom stereocenters. The lowest BCUT2D eigenvalue weighted by Gasteiger charge is -2.07. The van der Waals surface area contributed by atoms with Gasteiger partial charge in [-0.1, -0.05) is 23.4 Å². The van der Waals surface area contributed by atoms with Gasteiger partial charge in [-0.25, -0.2) is 9.78 Å². The average Bonchev–Trinajstić information content (AvgIpc) is 3.46. The Bertz CT molecular complexity index is 1070. The van der Waals surface area contributed by atoms with Crippen molar-refractivity contribution in [2.45, 2.75) is 24.2 Å². The molecule has 0 spiro atoms. The highest BCUT2D eigenvalue weighted by Crippen LogP contribution is 2.27. The highest BCUT2D eigenvalue weighted by molar-refractivity contribution is 7.98. The van der Waals surface area contributed by atoms with Gasteiger partial charge in [0, 0.05) is 4.90 Å². The zero-order chi connectivity index (χ0) is 19.3. The number of nitrogens with zero attached hydrogens (tertiary/aromatic N) is 3. The van der Waals surface area contributed by atoms with Gasteiger partial charge in [-0.15, -0.1) is 23.1 Å². The van der Waals surface area contributed by atoms with Gasteiger partial charge in [-0.05, 0) is 30.5 Å². The number of hydrogen-bond donors (Lipinski definition) is 0. The van der Waals surface area contributed by atoms with Gasteiger partial charge < -0.3 is 13.7 Å². The van der Waals surface area contributed by atoms with Gasteiger partial charge in [0.15, 0.2) is 5.82 Å². The van der Waals surface area contributed by atoms with Crippen LogP contribution in [-0.2, 0) is 17.1 Å². The van der Waals surface area contributed by atoms with Crippen molar-refractivity contribution in [2.75, 3.05) is 0 Å². The maximum Gasteiger partial charge on any atom is 0.339 e. The summed E-state index contributed by atoms with van der Waals surface area (Å²) in [4.78, 5) is 22.8. The topological polar surface area (TPSA) is 91.2 Å². The van der Waals surface area contributed by atoms with Crippen LogP contribution in [0.1, 0.15) is 27.8 Å². The van der Waals surface area contributed by atoms with Gasteiger partial charge in [0.1, 0.15) is 18.6 Å². The highest BCUT2D eigenvalue weighted by atomic mass is 32.2. The van der Waals surface area contributed by atoms with Gasteiger partial charge in [0.2, 0.25) is 11.8 Å². The minimum Gasteiger partial charge on any atom is -0.455 e. The molecule has 3 heterocycles. The molecule has 1 aromatic carbocycles. The summed E-state index contributed by atoms with van der Waals surface area (Å²) >= 11 is 2.97. The molecule has 0 saturated carbocycles. The first kappa shape index (κ1) is 18.5. The van der Waals surface area contributed by atoms with E-state index in [0.717, 1.165) is 9.77 Å². The second kappa shape index (κ2) is 8.41. The number of hydrogen-bond acceptors (Lipinski definition) is 9. The number of ether oxygens (including phenoxy) is 1. The first-order valence-electron chi connectivity index (χ1n) is 8.35. The standard InChI is InChI=1S/C19H15N3O4S2/c1-12-20-17(26-22-12)11-28-15-6-3-2-5-14(15)19(23)25-10-13-9-24-18(21-13)16-7-4-8-27-16/h2-9H,10-11H2,1H3. The minimum absolute atomic E-state index is 0.0373. The maximum atomic E-state index is 12.5. The molecule has 28 heavy (non-hydrogen) atoms. The minimum atomic E-state index is -0.425. The molecule has 142 valence electrons. The van der Waals surface area contributed by atoms with Crippen molar-refractivity contribution in [2.24, 2.45) is 0 Å². The fourth-order valence-electron chi connectivity index (χ4n) is 2.40. The zero-order valence-electron chi connectivity index (χ0n) is 14.8. The summed E-state index contributed by atoms with van der Waals surface area (Å²) in [6, 6.07) is 11.1. The summed E-state index contributed by atoms with van der Waals surface area (Å²) in [6.07, 6.45) is 1.50. The number of benzene rings is 1. The number of thiophene rings is 1. The van der Waals surface area contributed by atoms with E-state index >= 15 is 0 Å². The molecule has 0 radical (unpaired) electrons. The molecule has 7 nitrogen and oxygen atoms in total. The summed E-state index contributed by atoms with van der Waals surface area (Å²) in [5, 5.41) is 5.71. The first-order valence-corrected chi connectivity index (χ1v) is 10.2. The summed E-state index contributed by atoms with van der Waals surface area (Å²) in [5.41, 5.74) is 1.04. The van der Waals surface area contributed by atoms with Crippen LogP contribution in [0.15, 0.2) is 61.9 Å². The Morgan fingerprint density at radius 1 is 1.21 bits per heavy atom. The largest absolute Gasteiger partial charge is 0.455 e. The van der Waals surface area contributed by atoms with Gasteiger partial charge in [0.05, 0.1) is 16.2 Å². The molecule has 0 amide bonds. The molecule has 0 atom stereocenters. The molecule has 0 bridgehead atoms. The van der Waals surface area contributed by atoms with Crippen molar-refractivity contribution < 1.29 is 18.5 Å². The fraction of sp³-hybridized carbons (Fsp3) is 0.158. The van der Waals surface area contributed by atoms with Gasteiger partial charge in [-0.3, -0.25) is 0 Å². The molecule has 3 aromatic heterocycles. The quantitative estimate of drug-likeness (QED) is 0.317. The smallest absolute Gasteiger partial charge is 0.339 e. The highest BCUT2D eigenvalue weighted by Gasteiger charge is 2.16. The SMILES string of the molecule is Cc1noc(CSc2ccccc2C(=O)OCc2coc(-c3cccs3)n2)n1. The summed E-state index contributed by atoms with van der Waals surface area (Å²) in [7, 11) is 0. The molecule has 9 heteroatoms. The van der Waals surface area contributed by atoms with E-state index in [1.54, 1.807) is 19.1 Å². The predicted octanol–water partition coefficient (Wildman–Crippen LogP) is 4.74. The predicted molar refractivity (Wildman–Crippen MR) is 104 cm³/mol. The first-order chi connectivity index (χ1) is 13.7. The number of carbonyl (C=O) groups excluding carboxylic acids is 1. The van der Waals surface area contributed by atoms with Gasteiger partial charge >= 0.3 is 5.97 Å². The number of carbonyl (C=O) groups is 1. The third-order valence-corrected chi connectivity index (χ3v) is 5.58. The van der Waals surface area contributed by atoms with E-state index < -0.39 is 5.97 Å². The van der Waals surface area contributed by atoms with Crippen molar-refractivity contribution in [3.05, 3.63) is 71.0 Å². The third-order valence-electron chi connectivity index (χ3n) is 3.66. The Hall–Kier alpha value is -2.91. The van der Waals surface area contributed by atoms with Crippen LogP contribution in [0, 0.1) is 6.92 Å². The van der Waals surface area contributed by atoms with E-state index in [1.807, 2.05) is 29.6 Å². The molecule has 0 N–H and O–H groups in total. The lowest BCUT2D eigenvalue weighted by molar-refractivity contribution is 0.0463. The summed E-state index contributed by atoms with van der Waals surface area (Å²) in [5.74, 6) is 1.66. The Balaban J connectivity index is 1.39. The van der Waals surface area contributed by atoms with Crippen molar-refractivity contribution in [1.82, 2.24) is 15.1 Å². The second-order valence-corrected chi connectivity index (χ2v) is 7.68. The number of esters is 1. The van der Waals surface area contributed by atoms with Crippen LogP contribution >= 0.6 is 23.1 Å². The van der Waals surface area contributed by atoms with Crippen molar-refractivity contribution in [3.8, 4) is 10.8 Å². The molecule has 0 aliphatic rings. The van der Waals surface area contributed by atoms with Crippen LogP contribution in [0.4, 0.5) is 0 Å². The average molecular weight is 413 g/mol. The number of oxazole rings is 1. The van der Waals surface area contributed by atoms with Crippen molar-refractivity contribution in [1.29, 1.82) is 0 Å². The Morgan fingerprint density at radius 2 is 2.11 bits per heavy atom. The molecule has 4 aromatic rings. The monoisotopic (exact) mass is 413 g/mol. The van der Waals surface area contributed by atoms with Crippen molar-refractivity contribution >= 4 is 29.1 Å². The Labute approximate surface area is 168 Å². The van der Waals surface area contributed by atoms with E-state index in [9.17, 15) is 4.79 Å². The molecule has 0 aliphatic heterocycles. The second-order valence-electron chi connectivity index (χ2n) is 5.72. The van der Waals surface area contributed by atoms with E-state index in [4.69, 9.17) is 13.7 Å². The molecular weight excluding hydrogens is 398 g/mol. The van der Waals surface area contributed by atoms with E-state index in [1.165, 1.54) is 29.4 Å². The molecule has 0 saturated heterocycles. The van der Waals surface area contributed by atoms with E-state index in [0.29, 0.717) is 34.6 Å². The third kappa shape index (κ3) is 4.32. The van der Waals surface area contributed by atoms with Gasteiger partial charge in [0.25, 0.3) is 0 Å². The molecule has 0 fully saturated rings. The Morgan fingerprint density at radius 3 is 2.89 bits per heavy atom. The normalized spacial score (nSPS) is 10.9. The fourth-order valence-corrected chi connectivity index (χ4v) is 3.94. The van der Waals surface area contributed by atoms with Crippen LogP contribution in [0.5, 0.6) is 0 Å². The summed E-state index contributed by atoms with van der Waals surface area (Å²) < 4.78 is 16.0. The lowest BCUT2D eigenvalue weighted by atomic mass is 10.2. The van der Waals surface area contributed by atoms with Crippen LogP contribution in [0.2, 0.25) is 0 Å². The van der Waals surface area contributed by atoms with Crippen molar-refractivity contribution in [3.63, 3.8) is 0 Å². The number of aryl methyl sites for hydroxylation is 1. The van der Waals surface area contributed by atoms with Crippen LogP contribution < -0.4 is 0 Å². The number of aromatic nitrogens is 3.